The monoisotopic (exact) mass is 346 g/mol. The lowest BCUT2D eigenvalue weighted by Gasteiger charge is -2.35. The Morgan fingerprint density at radius 1 is 1.24 bits per heavy atom. The molecule has 0 saturated carbocycles. The van der Waals surface area contributed by atoms with Gasteiger partial charge in [0.25, 0.3) is 0 Å². The summed E-state index contributed by atoms with van der Waals surface area (Å²) >= 11 is 0. The molecule has 1 heterocycles. The molecule has 1 aromatic rings. The highest BCUT2D eigenvalue weighted by atomic mass is 16.2. The summed E-state index contributed by atoms with van der Waals surface area (Å²) in [6.45, 7) is 5.03. The second-order valence-electron chi connectivity index (χ2n) is 6.99. The van der Waals surface area contributed by atoms with E-state index in [1.807, 2.05) is 48.2 Å². The van der Waals surface area contributed by atoms with Crippen molar-refractivity contribution >= 4 is 17.6 Å². The van der Waals surface area contributed by atoms with Crippen LogP contribution in [0, 0.1) is 0 Å². The van der Waals surface area contributed by atoms with Gasteiger partial charge in [-0.2, -0.15) is 0 Å². The van der Waals surface area contributed by atoms with Crippen LogP contribution < -0.4 is 15.5 Å². The fourth-order valence-electron chi connectivity index (χ4n) is 3.08. The van der Waals surface area contributed by atoms with Crippen LogP contribution in [0.5, 0.6) is 0 Å². The van der Waals surface area contributed by atoms with Crippen LogP contribution in [0.4, 0.5) is 10.5 Å². The molecule has 1 aliphatic rings. The summed E-state index contributed by atoms with van der Waals surface area (Å²) in [7, 11) is 3.98. The highest BCUT2D eigenvalue weighted by Crippen LogP contribution is 2.17. The van der Waals surface area contributed by atoms with Crippen LogP contribution in [0.15, 0.2) is 24.3 Å². The van der Waals surface area contributed by atoms with Crippen molar-refractivity contribution in [2.24, 2.45) is 0 Å². The molecule has 1 aliphatic heterocycles. The predicted molar refractivity (Wildman–Crippen MR) is 101 cm³/mol. The molecule has 2 atom stereocenters. The number of benzene rings is 1. The van der Waals surface area contributed by atoms with E-state index in [1.165, 1.54) is 6.42 Å². The van der Waals surface area contributed by atoms with E-state index in [-0.39, 0.29) is 18.0 Å². The summed E-state index contributed by atoms with van der Waals surface area (Å²) in [6, 6.07) is 7.42. The van der Waals surface area contributed by atoms with E-state index in [9.17, 15) is 9.59 Å². The third kappa shape index (κ3) is 5.37. The van der Waals surface area contributed by atoms with Crippen molar-refractivity contribution in [1.82, 2.24) is 15.5 Å². The van der Waals surface area contributed by atoms with Gasteiger partial charge in [0.05, 0.1) is 0 Å². The van der Waals surface area contributed by atoms with Gasteiger partial charge in [-0.3, -0.25) is 4.79 Å². The van der Waals surface area contributed by atoms with Crippen LogP contribution in [-0.4, -0.2) is 49.6 Å². The molecule has 0 aromatic heterocycles. The summed E-state index contributed by atoms with van der Waals surface area (Å²) in [5.41, 5.74) is 2.13. The number of nitrogens with zero attached hydrogens (tertiary/aromatic N) is 2. The molecule has 1 fully saturated rings. The van der Waals surface area contributed by atoms with Gasteiger partial charge in [0.15, 0.2) is 0 Å². The van der Waals surface area contributed by atoms with E-state index in [4.69, 9.17) is 0 Å². The van der Waals surface area contributed by atoms with Gasteiger partial charge in [-0.15, -0.1) is 0 Å². The Bertz CT molecular complexity index is 586. The molecule has 3 amide bonds. The van der Waals surface area contributed by atoms with Gasteiger partial charge in [-0.1, -0.05) is 12.1 Å². The number of hydrogen-bond donors (Lipinski definition) is 2. The highest BCUT2D eigenvalue weighted by molar-refractivity contribution is 5.87. The van der Waals surface area contributed by atoms with Gasteiger partial charge in [0, 0.05) is 38.9 Å². The molecule has 0 bridgehead atoms. The Morgan fingerprint density at radius 2 is 1.92 bits per heavy atom. The van der Waals surface area contributed by atoms with Crippen molar-refractivity contribution < 1.29 is 9.59 Å². The summed E-state index contributed by atoms with van der Waals surface area (Å²) in [6.07, 6.45) is 3.24. The molecule has 0 unspecified atom stereocenters. The second-order valence-corrected chi connectivity index (χ2v) is 6.99. The van der Waals surface area contributed by atoms with E-state index in [1.54, 1.807) is 6.92 Å². The van der Waals surface area contributed by atoms with Crippen molar-refractivity contribution in [1.29, 1.82) is 0 Å². The Balaban J connectivity index is 1.79. The number of anilines is 1. The van der Waals surface area contributed by atoms with Gasteiger partial charge >= 0.3 is 6.03 Å². The first kappa shape index (κ1) is 19.1. The first-order valence-corrected chi connectivity index (χ1v) is 8.99. The standard InChI is InChI=1S/C19H30N4O2/c1-14-7-5-6-12-23(14)18(24)15(2)21-19(25)20-13-16-8-10-17(11-9-16)22(3)4/h8-11,14-15H,5-7,12-13H2,1-4H3,(H2,20,21,25)/t14-,15+/m0/s1. The SMILES string of the molecule is C[C@@H](NC(=O)NCc1ccc(N(C)C)cc1)C(=O)N1CCCC[C@@H]1C. The zero-order chi connectivity index (χ0) is 18.4. The van der Waals surface area contributed by atoms with Gasteiger partial charge in [-0.05, 0) is 50.8 Å². The van der Waals surface area contributed by atoms with Crippen LogP contribution in [0.1, 0.15) is 38.7 Å². The van der Waals surface area contributed by atoms with Gasteiger partial charge in [0.1, 0.15) is 6.04 Å². The van der Waals surface area contributed by atoms with E-state index in [0.717, 1.165) is 30.6 Å². The molecule has 0 aliphatic carbocycles. The van der Waals surface area contributed by atoms with Crippen LogP contribution in [0.2, 0.25) is 0 Å². The molecule has 6 nitrogen and oxygen atoms in total. The fraction of sp³-hybridized carbons (Fsp3) is 0.579. The van der Waals surface area contributed by atoms with Gasteiger partial charge in [-0.25, -0.2) is 4.79 Å². The maximum atomic E-state index is 12.5. The number of carbonyl (C=O) groups excluding carboxylic acids is 2. The zero-order valence-electron chi connectivity index (χ0n) is 15.7. The Kier molecular flexibility index (Phi) is 6.67. The minimum absolute atomic E-state index is 0.00214. The summed E-state index contributed by atoms with van der Waals surface area (Å²) in [5.74, 6) is -0.00214. The highest BCUT2D eigenvalue weighted by Gasteiger charge is 2.27. The maximum absolute atomic E-state index is 12.5. The van der Waals surface area contributed by atoms with E-state index in [2.05, 4.69) is 17.6 Å². The largest absolute Gasteiger partial charge is 0.378 e. The van der Waals surface area contributed by atoms with Crippen LogP contribution >= 0.6 is 0 Å². The summed E-state index contributed by atoms with van der Waals surface area (Å²) in [4.78, 5) is 28.5. The van der Waals surface area contributed by atoms with Crippen LogP contribution in [-0.2, 0) is 11.3 Å². The molecule has 25 heavy (non-hydrogen) atoms. The molecule has 0 spiro atoms. The number of nitrogens with one attached hydrogen (secondary N) is 2. The molecular weight excluding hydrogens is 316 g/mol. The van der Waals surface area contributed by atoms with Crippen LogP contribution in [0.25, 0.3) is 0 Å². The fourth-order valence-corrected chi connectivity index (χ4v) is 3.08. The zero-order valence-corrected chi connectivity index (χ0v) is 15.7. The van der Waals surface area contributed by atoms with Gasteiger partial charge < -0.3 is 20.4 Å². The average molecular weight is 346 g/mol. The minimum atomic E-state index is -0.517. The third-order valence-corrected chi connectivity index (χ3v) is 4.71. The Morgan fingerprint density at radius 3 is 2.52 bits per heavy atom. The van der Waals surface area contributed by atoms with E-state index in [0.29, 0.717) is 6.54 Å². The first-order valence-electron chi connectivity index (χ1n) is 8.99. The lowest BCUT2D eigenvalue weighted by molar-refractivity contribution is -0.136. The van der Waals surface area contributed by atoms with Crippen molar-refractivity contribution in [3.05, 3.63) is 29.8 Å². The van der Waals surface area contributed by atoms with E-state index >= 15 is 0 Å². The smallest absolute Gasteiger partial charge is 0.315 e. The first-order chi connectivity index (χ1) is 11.9. The molecule has 0 radical (unpaired) electrons. The number of piperidine rings is 1. The third-order valence-electron chi connectivity index (χ3n) is 4.71. The van der Waals surface area contributed by atoms with Gasteiger partial charge in [0.2, 0.25) is 5.91 Å². The molecule has 2 N–H and O–H groups in total. The van der Waals surface area contributed by atoms with Crippen molar-refractivity contribution in [3.8, 4) is 0 Å². The average Bonchev–Trinajstić information content (AvgIpc) is 2.60. The number of carbonyl (C=O) groups is 2. The minimum Gasteiger partial charge on any atom is -0.378 e. The maximum Gasteiger partial charge on any atom is 0.315 e. The topological polar surface area (TPSA) is 64.7 Å². The summed E-state index contributed by atoms with van der Waals surface area (Å²) in [5, 5.41) is 5.56. The van der Waals surface area contributed by atoms with E-state index < -0.39 is 6.04 Å². The summed E-state index contributed by atoms with van der Waals surface area (Å²) < 4.78 is 0. The second kappa shape index (κ2) is 8.74. The predicted octanol–water partition coefficient (Wildman–Crippen LogP) is 2.34. The Hall–Kier alpha value is -2.24. The normalized spacial score (nSPS) is 18.4. The lowest BCUT2D eigenvalue weighted by atomic mass is 10.0. The molecule has 1 saturated heterocycles. The quantitative estimate of drug-likeness (QED) is 0.860. The number of rotatable bonds is 5. The molecule has 2 rings (SSSR count). The number of urea groups is 1. The molecule has 1 aromatic carbocycles. The number of amides is 3. The number of hydrogen-bond acceptors (Lipinski definition) is 3. The van der Waals surface area contributed by atoms with Crippen molar-refractivity contribution in [3.63, 3.8) is 0 Å². The van der Waals surface area contributed by atoms with Crippen molar-refractivity contribution in [2.75, 3.05) is 25.5 Å². The molecule has 6 heteroatoms. The van der Waals surface area contributed by atoms with Crippen LogP contribution in [0.3, 0.4) is 0 Å². The molecular formula is C19H30N4O2. The number of likely N-dealkylation sites (tertiary alicyclic amines) is 1. The molecule has 138 valence electrons. The lowest BCUT2D eigenvalue weighted by Crippen LogP contribution is -2.53. The Labute approximate surface area is 150 Å². The van der Waals surface area contributed by atoms with Crippen molar-refractivity contribution in [2.45, 2.75) is 51.7 Å².